The van der Waals surface area contributed by atoms with E-state index in [1.165, 1.54) is 15.7 Å². The fourth-order valence-corrected chi connectivity index (χ4v) is 5.66. The second kappa shape index (κ2) is 3.97. The quantitative estimate of drug-likeness (QED) is 0.939. The van der Waals surface area contributed by atoms with Crippen molar-refractivity contribution < 1.29 is 8.42 Å². The van der Waals surface area contributed by atoms with Crippen molar-refractivity contribution in [3.63, 3.8) is 0 Å². The van der Waals surface area contributed by atoms with Crippen LogP contribution in [0, 0.1) is 10.8 Å². The standard InChI is InChI=1S/C12H16ClN3O2S2/c1-11(2)9(12(11,3)4)15-20(17,18)8-7(13)14-10-16(8)5-6-19-10/h5-6,9,15H,1-4H3. The normalized spacial score (nSPS) is 21.4. The molecule has 1 saturated carbocycles. The van der Waals surface area contributed by atoms with E-state index in [-0.39, 0.29) is 27.1 Å². The average Bonchev–Trinajstić information content (AvgIpc) is 2.71. The molecule has 5 nitrogen and oxygen atoms in total. The van der Waals surface area contributed by atoms with Crippen LogP contribution in [0.2, 0.25) is 5.15 Å². The SMILES string of the molecule is CC1(C)C(NS(=O)(=O)c2c(Cl)nc3sccn23)C1(C)C. The minimum atomic E-state index is -3.70. The number of nitrogens with one attached hydrogen (secondary N) is 1. The smallest absolute Gasteiger partial charge is 0.260 e. The van der Waals surface area contributed by atoms with Gasteiger partial charge in [0.15, 0.2) is 15.1 Å². The van der Waals surface area contributed by atoms with Gasteiger partial charge in [-0.25, -0.2) is 18.1 Å². The predicted octanol–water partition coefficient (Wildman–Crippen LogP) is 2.76. The molecule has 3 rings (SSSR count). The Hall–Kier alpha value is -0.630. The first-order valence-electron chi connectivity index (χ1n) is 6.22. The maximum Gasteiger partial charge on any atom is 0.260 e. The van der Waals surface area contributed by atoms with E-state index < -0.39 is 10.0 Å². The van der Waals surface area contributed by atoms with Crippen molar-refractivity contribution in [2.75, 3.05) is 0 Å². The zero-order valence-electron chi connectivity index (χ0n) is 11.6. The molecule has 0 saturated heterocycles. The molecule has 2 aromatic heterocycles. The monoisotopic (exact) mass is 333 g/mol. The fourth-order valence-electron chi connectivity index (χ4n) is 2.68. The number of fused-ring (bicyclic) bond motifs is 1. The molecule has 1 N–H and O–H groups in total. The molecule has 0 amide bonds. The van der Waals surface area contributed by atoms with E-state index in [2.05, 4.69) is 37.4 Å². The van der Waals surface area contributed by atoms with E-state index in [9.17, 15) is 8.42 Å². The molecule has 1 aliphatic carbocycles. The zero-order valence-corrected chi connectivity index (χ0v) is 14.0. The highest BCUT2D eigenvalue weighted by atomic mass is 35.5. The largest absolute Gasteiger partial charge is 0.279 e. The van der Waals surface area contributed by atoms with E-state index >= 15 is 0 Å². The average molecular weight is 334 g/mol. The Morgan fingerprint density at radius 1 is 1.35 bits per heavy atom. The molecule has 0 unspecified atom stereocenters. The van der Waals surface area contributed by atoms with Crippen molar-refractivity contribution in [1.82, 2.24) is 14.1 Å². The highest BCUT2D eigenvalue weighted by molar-refractivity contribution is 7.89. The Kier molecular flexibility index (Phi) is 2.84. The molecular weight excluding hydrogens is 318 g/mol. The van der Waals surface area contributed by atoms with E-state index in [1.54, 1.807) is 11.6 Å². The summed E-state index contributed by atoms with van der Waals surface area (Å²) in [6.45, 7) is 8.22. The molecule has 0 aromatic carbocycles. The Morgan fingerprint density at radius 2 is 1.95 bits per heavy atom. The summed E-state index contributed by atoms with van der Waals surface area (Å²) in [6.07, 6.45) is 1.66. The molecule has 1 aliphatic rings. The van der Waals surface area contributed by atoms with Gasteiger partial charge in [0.1, 0.15) is 0 Å². The Bertz CT molecular complexity index is 775. The number of thiazole rings is 1. The first-order valence-corrected chi connectivity index (χ1v) is 8.96. The van der Waals surface area contributed by atoms with Crippen LogP contribution in [0.25, 0.3) is 4.96 Å². The highest BCUT2D eigenvalue weighted by Gasteiger charge is 2.66. The molecule has 0 atom stereocenters. The lowest BCUT2D eigenvalue weighted by atomic mass is 10.0. The Balaban J connectivity index is 2.02. The summed E-state index contributed by atoms with van der Waals surface area (Å²) >= 11 is 7.34. The second-order valence-corrected chi connectivity index (χ2v) is 9.12. The number of imidazole rings is 1. The van der Waals surface area contributed by atoms with Gasteiger partial charge in [-0.05, 0) is 10.8 Å². The summed E-state index contributed by atoms with van der Waals surface area (Å²) in [5.41, 5.74) is -0.157. The number of sulfonamides is 1. The lowest BCUT2D eigenvalue weighted by molar-refractivity contribution is 0.457. The van der Waals surface area contributed by atoms with Crippen molar-refractivity contribution in [2.24, 2.45) is 10.8 Å². The van der Waals surface area contributed by atoms with E-state index in [4.69, 9.17) is 11.6 Å². The van der Waals surface area contributed by atoms with Crippen LogP contribution in [0.5, 0.6) is 0 Å². The number of hydrogen-bond acceptors (Lipinski definition) is 4. The van der Waals surface area contributed by atoms with Gasteiger partial charge in [-0.3, -0.25) is 4.40 Å². The summed E-state index contributed by atoms with van der Waals surface area (Å²) in [7, 11) is -3.70. The third-order valence-electron chi connectivity index (χ3n) is 4.73. The van der Waals surface area contributed by atoms with Gasteiger partial charge in [-0.1, -0.05) is 39.3 Å². The number of rotatable bonds is 3. The van der Waals surface area contributed by atoms with E-state index in [0.717, 1.165) is 0 Å². The zero-order chi connectivity index (χ0) is 14.9. The molecule has 8 heteroatoms. The van der Waals surface area contributed by atoms with Gasteiger partial charge >= 0.3 is 0 Å². The third kappa shape index (κ3) is 1.76. The van der Waals surface area contributed by atoms with Gasteiger partial charge in [-0.15, -0.1) is 11.3 Å². The molecule has 0 spiro atoms. The molecule has 20 heavy (non-hydrogen) atoms. The van der Waals surface area contributed by atoms with Crippen LogP contribution >= 0.6 is 22.9 Å². The first kappa shape index (κ1) is 14.3. The summed E-state index contributed by atoms with van der Waals surface area (Å²) in [4.78, 5) is 4.64. The van der Waals surface area contributed by atoms with Crippen molar-refractivity contribution in [1.29, 1.82) is 0 Å². The van der Waals surface area contributed by atoms with Gasteiger partial charge < -0.3 is 0 Å². The van der Waals surface area contributed by atoms with Gasteiger partial charge in [0.05, 0.1) is 0 Å². The van der Waals surface area contributed by atoms with Gasteiger partial charge in [0.2, 0.25) is 0 Å². The molecule has 0 radical (unpaired) electrons. The summed E-state index contributed by atoms with van der Waals surface area (Å²) < 4.78 is 29.5. The van der Waals surface area contributed by atoms with Crippen LogP contribution in [0.3, 0.4) is 0 Å². The topological polar surface area (TPSA) is 63.5 Å². The molecule has 2 aromatic rings. The van der Waals surface area contributed by atoms with Crippen LogP contribution in [-0.4, -0.2) is 23.8 Å². The van der Waals surface area contributed by atoms with Crippen LogP contribution in [-0.2, 0) is 10.0 Å². The number of nitrogens with zero attached hydrogens (tertiary/aromatic N) is 2. The second-order valence-electron chi connectivity index (χ2n) is 6.26. The first-order chi connectivity index (χ1) is 9.09. The van der Waals surface area contributed by atoms with Gasteiger partial charge in [0.25, 0.3) is 10.0 Å². The van der Waals surface area contributed by atoms with Crippen LogP contribution in [0.1, 0.15) is 27.7 Å². The summed E-state index contributed by atoms with van der Waals surface area (Å²) in [6, 6.07) is -0.111. The van der Waals surface area contributed by atoms with Crippen molar-refractivity contribution in [3.8, 4) is 0 Å². The predicted molar refractivity (Wildman–Crippen MR) is 79.8 cm³/mol. The number of halogens is 1. The minimum Gasteiger partial charge on any atom is -0.279 e. The van der Waals surface area contributed by atoms with Crippen molar-refractivity contribution >= 4 is 37.9 Å². The maximum absolute atomic E-state index is 12.6. The lowest BCUT2D eigenvalue weighted by Crippen LogP contribution is -2.30. The van der Waals surface area contributed by atoms with E-state index in [0.29, 0.717) is 4.96 Å². The minimum absolute atomic E-state index is 0.0145. The molecule has 0 aliphatic heterocycles. The lowest BCUT2D eigenvalue weighted by Gasteiger charge is -2.07. The van der Waals surface area contributed by atoms with E-state index in [1.807, 2.05) is 0 Å². The third-order valence-corrected chi connectivity index (χ3v) is 7.30. The van der Waals surface area contributed by atoms with Crippen LogP contribution in [0.15, 0.2) is 16.6 Å². The number of hydrogen-bond donors (Lipinski definition) is 1. The van der Waals surface area contributed by atoms with Crippen molar-refractivity contribution in [3.05, 3.63) is 16.7 Å². The molecule has 110 valence electrons. The molecule has 1 fully saturated rings. The van der Waals surface area contributed by atoms with Crippen molar-refractivity contribution in [2.45, 2.75) is 38.8 Å². The summed E-state index contributed by atoms with van der Waals surface area (Å²) in [5.74, 6) is 0. The van der Waals surface area contributed by atoms with Gasteiger partial charge in [-0.2, -0.15) is 0 Å². The van der Waals surface area contributed by atoms with Crippen LogP contribution < -0.4 is 4.72 Å². The fraction of sp³-hybridized carbons (Fsp3) is 0.583. The number of aromatic nitrogens is 2. The van der Waals surface area contributed by atoms with Crippen LogP contribution in [0.4, 0.5) is 0 Å². The summed E-state index contributed by atoms with van der Waals surface area (Å²) in [5, 5.41) is 1.82. The Morgan fingerprint density at radius 3 is 2.50 bits per heavy atom. The molecular formula is C12H16ClN3O2S2. The molecule has 0 bridgehead atoms. The van der Waals surface area contributed by atoms with Gasteiger partial charge in [0, 0.05) is 17.6 Å². The maximum atomic E-state index is 12.6. The Labute approximate surface area is 127 Å². The molecule has 2 heterocycles. The highest BCUT2D eigenvalue weighted by Crippen LogP contribution is 2.63.